The topological polar surface area (TPSA) is 116 Å². The van der Waals surface area contributed by atoms with Crippen LogP contribution in [0.3, 0.4) is 0 Å². The molecule has 0 saturated heterocycles. The molecule has 0 amide bonds. The van der Waals surface area contributed by atoms with Crippen LogP contribution < -0.4 is 0 Å². The maximum Gasteiger partial charge on any atom is 0.164 e. The Bertz CT molecular complexity index is 9300. The van der Waals surface area contributed by atoms with Crippen LogP contribution in [0.5, 0.6) is 0 Å². The molecule has 0 fully saturated rings. The SMILES string of the molecule is C.CC1(C)c2ccccc2-c2ccc3c(-c4nc(-c5ccc6ccccc6c5)nc(-c5ccc6ccccc6c5)n4)cccc3c21.CC1(C)c2ccccc2-c2ccc3cccc(-c4nc(-c5ccccc5)nc(-c5cccc6ccccc56)n4)c3c21.c1ccc(-c2ccc(-c3nc(-c4ccc(-c5ccccc5)cc4)nc(-c4ccc5c6c(ccc5c4)-c4ccccc4C64c5ccccc5-c5ccccc54)n3)cc2)cc1. The highest BCUT2D eigenvalue weighted by atomic mass is 15.1. The van der Waals surface area contributed by atoms with Crippen LogP contribution in [0.1, 0.15) is 79.6 Å². The summed E-state index contributed by atoms with van der Waals surface area (Å²) < 4.78 is 0. The Labute approximate surface area is 847 Å². The third kappa shape index (κ3) is 14.5. The number of hydrogen-bond acceptors (Lipinski definition) is 9. The molecule has 3 heterocycles. The van der Waals surface area contributed by atoms with Gasteiger partial charge in [0.25, 0.3) is 0 Å². The monoisotopic (exact) mass is 1870 g/mol. The van der Waals surface area contributed by atoms with Crippen molar-refractivity contribution in [3.8, 4) is 169 Å². The average Bonchev–Trinajstić information content (AvgIpc) is 1.50. The van der Waals surface area contributed by atoms with Gasteiger partial charge < -0.3 is 0 Å². The minimum Gasteiger partial charge on any atom is -0.208 e. The molecule has 9 nitrogen and oxygen atoms in total. The Morgan fingerprint density at radius 1 is 0.144 bits per heavy atom. The maximum atomic E-state index is 5.20. The van der Waals surface area contributed by atoms with Gasteiger partial charge in [0.15, 0.2) is 52.4 Å². The summed E-state index contributed by atoms with van der Waals surface area (Å²) in [5, 5.41) is 14.2. The first-order valence-corrected chi connectivity index (χ1v) is 49.7. The van der Waals surface area contributed by atoms with Crippen LogP contribution in [0.25, 0.3) is 234 Å². The quantitative estimate of drug-likeness (QED) is 0.125. The van der Waals surface area contributed by atoms with Crippen LogP contribution in [0, 0.1) is 0 Å². The Kier molecular flexibility index (Phi) is 21.2. The molecule has 4 aliphatic carbocycles. The summed E-state index contributed by atoms with van der Waals surface area (Å²) >= 11 is 0. The molecular formula is C137H95N9. The molecule has 0 unspecified atom stereocenters. The molecule has 0 bridgehead atoms. The summed E-state index contributed by atoms with van der Waals surface area (Å²) in [6.45, 7) is 9.33. The fourth-order valence-electron chi connectivity index (χ4n) is 23.6. The molecule has 0 saturated carbocycles. The molecular weight excluding hydrogens is 1770 g/mol. The molecule has 0 atom stereocenters. The van der Waals surface area contributed by atoms with Crippen molar-refractivity contribution in [1.82, 2.24) is 44.9 Å². The molecule has 3 aromatic heterocycles. The van der Waals surface area contributed by atoms with Crippen molar-refractivity contribution in [3.63, 3.8) is 0 Å². The second-order valence-corrected chi connectivity index (χ2v) is 39.3. The van der Waals surface area contributed by atoms with E-state index < -0.39 is 5.41 Å². The van der Waals surface area contributed by atoms with Gasteiger partial charge in [0.05, 0.1) is 5.41 Å². The van der Waals surface area contributed by atoms with Crippen LogP contribution in [0.4, 0.5) is 0 Å². The molecule has 9 heteroatoms. The number of rotatable bonds is 11. The Balaban J connectivity index is 0.000000113. The van der Waals surface area contributed by atoms with Crippen LogP contribution >= 0.6 is 0 Å². The predicted molar refractivity (Wildman–Crippen MR) is 602 cm³/mol. The normalized spacial score (nSPS) is 13.0. The number of nitrogens with zero attached hydrogens (tertiary/aromatic N) is 9. The molecule has 0 N–H and O–H groups in total. The summed E-state index contributed by atoms with van der Waals surface area (Å²) in [4.78, 5) is 46.3. The fourth-order valence-corrected chi connectivity index (χ4v) is 23.6. The van der Waals surface area contributed by atoms with Gasteiger partial charge >= 0.3 is 0 Å². The lowest BCUT2D eigenvalue weighted by Crippen LogP contribution is -2.26. The fraction of sp³-hybridized carbons (Fsp3) is 0.0584. The summed E-state index contributed by atoms with van der Waals surface area (Å²) in [7, 11) is 0. The van der Waals surface area contributed by atoms with Gasteiger partial charge in [-0.3, -0.25) is 0 Å². The van der Waals surface area contributed by atoms with E-state index in [2.05, 4.69) is 477 Å². The second kappa shape index (κ2) is 35.3. The Morgan fingerprint density at radius 2 is 0.418 bits per heavy atom. The first-order valence-electron chi connectivity index (χ1n) is 49.7. The summed E-state index contributed by atoms with van der Waals surface area (Å²) in [5.41, 5.74) is 33.9. The van der Waals surface area contributed by atoms with Gasteiger partial charge in [0.2, 0.25) is 0 Å². The van der Waals surface area contributed by atoms with Gasteiger partial charge in [-0.15, -0.1) is 0 Å². The lowest BCUT2D eigenvalue weighted by atomic mass is 9.69. The summed E-state index contributed by atoms with van der Waals surface area (Å²) in [6.07, 6.45) is 0. The van der Waals surface area contributed by atoms with Crippen molar-refractivity contribution in [3.05, 3.63) is 524 Å². The van der Waals surface area contributed by atoms with Crippen molar-refractivity contribution in [1.29, 1.82) is 0 Å². The van der Waals surface area contributed by atoms with E-state index in [1.54, 1.807) is 0 Å². The van der Waals surface area contributed by atoms with Crippen molar-refractivity contribution in [2.24, 2.45) is 0 Å². The Morgan fingerprint density at radius 3 is 0.925 bits per heavy atom. The van der Waals surface area contributed by atoms with Gasteiger partial charge in [-0.05, 0) is 194 Å². The van der Waals surface area contributed by atoms with E-state index in [1.165, 1.54) is 132 Å². The number of fused-ring (bicyclic) bond motifs is 25. The Hall–Kier alpha value is -18.6. The molecule has 1 spiro atoms. The van der Waals surface area contributed by atoms with Gasteiger partial charge in [-0.1, -0.05) is 496 Å². The van der Waals surface area contributed by atoms with Crippen LogP contribution in [-0.4, -0.2) is 44.9 Å². The van der Waals surface area contributed by atoms with Crippen LogP contribution in [0.15, 0.2) is 479 Å². The number of hydrogen-bond donors (Lipinski definition) is 0. The van der Waals surface area contributed by atoms with E-state index in [0.717, 1.165) is 93.5 Å². The lowest BCUT2D eigenvalue weighted by molar-refractivity contribution is 0.666. The third-order valence-corrected chi connectivity index (χ3v) is 30.3. The van der Waals surface area contributed by atoms with Crippen LogP contribution in [0.2, 0.25) is 0 Å². The van der Waals surface area contributed by atoms with Gasteiger partial charge in [-0.2, -0.15) is 0 Å². The third-order valence-electron chi connectivity index (χ3n) is 30.3. The average molecular weight is 1870 g/mol. The van der Waals surface area contributed by atoms with Crippen molar-refractivity contribution < 1.29 is 0 Å². The second-order valence-electron chi connectivity index (χ2n) is 39.3. The van der Waals surface area contributed by atoms with E-state index in [0.29, 0.717) is 52.4 Å². The molecule has 25 aromatic rings. The van der Waals surface area contributed by atoms with Crippen molar-refractivity contribution in [2.75, 3.05) is 0 Å². The number of benzene rings is 22. The number of aromatic nitrogens is 9. The van der Waals surface area contributed by atoms with Gasteiger partial charge in [0.1, 0.15) is 0 Å². The molecule has 146 heavy (non-hydrogen) atoms. The summed E-state index contributed by atoms with van der Waals surface area (Å²) in [5.74, 6) is 5.96. The first kappa shape index (κ1) is 87.7. The van der Waals surface area contributed by atoms with E-state index in [-0.39, 0.29) is 18.3 Å². The lowest BCUT2D eigenvalue weighted by Gasteiger charge is -2.31. The zero-order valence-corrected chi connectivity index (χ0v) is 80.1. The minimum atomic E-state index is -0.425. The van der Waals surface area contributed by atoms with Crippen LogP contribution in [-0.2, 0) is 16.2 Å². The molecule has 22 aromatic carbocycles. The minimum absolute atomic E-state index is 0. The zero-order chi connectivity index (χ0) is 96.6. The van der Waals surface area contributed by atoms with Crippen molar-refractivity contribution >= 4 is 64.6 Å². The van der Waals surface area contributed by atoms with E-state index >= 15 is 0 Å². The molecule has 29 rings (SSSR count). The molecule has 0 radical (unpaired) electrons. The van der Waals surface area contributed by atoms with E-state index in [9.17, 15) is 0 Å². The first-order chi connectivity index (χ1) is 71.4. The smallest absolute Gasteiger partial charge is 0.164 e. The highest BCUT2D eigenvalue weighted by molar-refractivity contribution is 6.09. The zero-order valence-electron chi connectivity index (χ0n) is 80.1. The van der Waals surface area contributed by atoms with E-state index in [1.807, 2.05) is 30.3 Å². The van der Waals surface area contributed by atoms with Gasteiger partial charge in [0, 0.05) is 60.9 Å². The van der Waals surface area contributed by atoms with E-state index in [4.69, 9.17) is 44.9 Å². The van der Waals surface area contributed by atoms with Crippen molar-refractivity contribution in [2.45, 2.75) is 51.4 Å². The standard InChI is InChI=1S/C56H35N3.C42H29N3.C38H27N3.CH4/c1-3-13-36(14-4-1)38-23-27-40(28-24-38)53-57-54(41-29-25-39(26-30-41)37-15-5-2-6-16-37)59-55(58-53)43-32-33-44-42(35-43)31-34-48-47-19-9-12-22-51(47)56(52(44)48)49-20-10-7-17-45(49)46-18-8-11-21-50(46)56;1-42(2)37-17-8-7-14-33(37)35-23-22-32-34(38(35)42)15-9-16-36(32)41-44-39(30-20-18-26-10-3-5-12-28(26)24-30)43-40(45-41)31-21-19-27-11-4-6-13-29(27)25-31;1-38(2)32-21-9-8-18-28(32)29-23-22-25-16-11-20-31(33(25)34(29)38)37-40-35(26-13-4-3-5-14-26)39-36(41-37)30-19-10-15-24-12-6-7-17-27(24)30;/h1-35H;3-25H,1-2H3;3-23H,1-2H3;1H4. The molecule has 688 valence electrons. The largest absolute Gasteiger partial charge is 0.208 e. The highest BCUT2D eigenvalue weighted by Gasteiger charge is 2.52. The maximum absolute atomic E-state index is 5.20. The molecule has 4 aliphatic rings. The molecule has 0 aliphatic heterocycles. The highest BCUT2D eigenvalue weighted by Crippen LogP contribution is 2.65. The summed E-state index contributed by atoms with van der Waals surface area (Å²) in [6, 6.07) is 170. The van der Waals surface area contributed by atoms with Gasteiger partial charge in [-0.25, -0.2) is 44.9 Å². The predicted octanol–water partition coefficient (Wildman–Crippen LogP) is 34.5.